The van der Waals surface area contributed by atoms with Gasteiger partial charge in [0.15, 0.2) is 0 Å². The molecule has 100 valence electrons. The van der Waals surface area contributed by atoms with Crippen molar-refractivity contribution in [2.24, 2.45) is 5.73 Å². The summed E-state index contributed by atoms with van der Waals surface area (Å²) in [6.07, 6.45) is 4.54. The third-order valence-corrected chi connectivity index (χ3v) is 2.96. The van der Waals surface area contributed by atoms with Crippen molar-refractivity contribution in [3.63, 3.8) is 0 Å². The van der Waals surface area contributed by atoms with E-state index >= 15 is 0 Å². The van der Waals surface area contributed by atoms with Crippen LogP contribution in [0, 0.1) is 6.92 Å². The van der Waals surface area contributed by atoms with Gasteiger partial charge in [-0.15, -0.1) is 0 Å². The molecule has 0 aliphatic rings. The van der Waals surface area contributed by atoms with Gasteiger partial charge in [0.1, 0.15) is 0 Å². The van der Waals surface area contributed by atoms with Crippen molar-refractivity contribution in [2.45, 2.75) is 39.0 Å². The Morgan fingerprint density at radius 2 is 1.89 bits per heavy atom. The molecule has 0 spiro atoms. The SMILES string of the molecule is Cc1ccc(CCC(=O)NCCCCCN)cc1. The van der Waals surface area contributed by atoms with E-state index in [2.05, 4.69) is 36.5 Å². The van der Waals surface area contributed by atoms with Crippen LogP contribution in [-0.4, -0.2) is 19.0 Å². The van der Waals surface area contributed by atoms with Crippen LogP contribution < -0.4 is 11.1 Å². The number of nitrogens with two attached hydrogens (primary N) is 1. The van der Waals surface area contributed by atoms with Gasteiger partial charge < -0.3 is 11.1 Å². The minimum absolute atomic E-state index is 0.142. The maximum atomic E-state index is 11.6. The number of rotatable bonds is 8. The van der Waals surface area contributed by atoms with Gasteiger partial charge in [0.25, 0.3) is 0 Å². The van der Waals surface area contributed by atoms with Gasteiger partial charge in [0.05, 0.1) is 0 Å². The van der Waals surface area contributed by atoms with E-state index in [9.17, 15) is 4.79 Å². The number of hydrogen-bond acceptors (Lipinski definition) is 2. The second-order valence-electron chi connectivity index (χ2n) is 4.68. The van der Waals surface area contributed by atoms with Crippen LogP contribution in [0.5, 0.6) is 0 Å². The van der Waals surface area contributed by atoms with Crippen LogP contribution in [0.4, 0.5) is 0 Å². The third kappa shape index (κ3) is 6.40. The van der Waals surface area contributed by atoms with Gasteiger partial charge in [-0.05, 0) is 38.3 Å². The summed E-state index contributed by atoms with van der Waals surface area (Å²) in [5.74, 6) is 0.142. The lowest BCUT2D eigenvalue weighted by atomic mass is 10.1. The number of unbranched alkanes of at least 4 members (excludes halogenated alkanes) is 2. The molecule has 1 amide bonds. The maximum Gasteiger partial charge on any atom is 0.220 e. The topological polar surface area (TPSA) is 55.1 Å². The van der Waals surface area contributed by atoms with Crippen molar-refractivity contribution in [3.05, 3.63) is 35.4 Å². The molecule has 0 aromatic heterocycles. The average molecular weight is 248 g/mol. The average Bonchev–Trinajstić information content (AvgIpc) is 2.38. The highest BCUT2D eigenvalue weighted by Gasteiger charge is 2.01. The van der Waals surface area contributed by atoms with Crippen molar-refractivity contribution >= 4 is 5.91 Å². The zero-order chi connectivity index (χ0) is 13.2. The highest BCUT2D eigenvalue weighted by atomic mass is 16.1. The number of nitrogens with one attached hydrogen (secondary N) is 1. The summed E-state index contributed by atoms with van der Waals surface area (Å²) >= 11 is 0. The largest absolute Gasteiger partial charge is 0.356 e. The van der Waals surface area contributed by atoms with Crippen molar-refractivity contribution in [1.82, 2.24) is 5.32 Å². The first-order valence-corrected chi connectivity index (χ1v) is 6.74. The molecule has 0 fully saturated rings. The van der Waals surface area contributed by atoms with Crippen LogP contribution in [0.25, 0.3) is 0 Å². The summed E-state index contributed by atoms with van der Waals surface area (Å²) in [5, 5.41) is 2.94. The number of carbonyl (C=O) groups excluding carboxylic acids is 1. The molecule has 1 aromatic carbocycles. The first-order chi connectivity index (χ1) is 8.72. The van der Waals surface area contributed by atoms with Crippen LogP contribution in [0.15, 0.2) is 24.3 Å². The first-order valence-electron chi connectivity index (χ1n) is 6.74. The summed E-state index contributed by atoms with van der Waals surface area (Å²) in [5.41, 5.74) is 7.88. The lowest BCUT2D eigenvalue weighted by Crippen LogP contribution is -2.24. The van der Waals surface area contributed by atoms with E-state index in [1.165, 1.54) is 11.1 Å². The minimum atomic E-state index is 0.142. The van der Waals surface area contributed by atoms with E-state index < -0.39 is 0 Å². The lowest BCUT2D eigenvalue weighted by molar-refractivity contribution is -0.121. The Morgan fingerprint density at radius 1 is 1.17 bits per heavy atom. The zero-order valence-electron chi connectivity index (χ0n) is 11.2. The summed E-state index contributed by atoms with van der Waals surface area (Å²) in [6.45, 7) is 3.58. The molecule has 0 bridgehead atoms. The Balaban J connectivity index is 2.11. The predicted molar refractivity (Wildman–Crippen MR) is 75.4 cm³/mol. The fourth-order valence-electron chi connectivity index (χ4n) is 1.77. The van der Waals surface area contributed by atoms with E-state index in [0.29, 0.717) is 6.42 Å². The van der Waals surface area contributed by atoms with Gasteiger partial charge in [0, 0.05) is 13.0 Å². The summed E-state index contributed by atoms with van der Waals surface area (Å²) < 4.78 is 0. The number of hydrogen-bond donors (Lipinski definition) is 2. The Morgan fingerprint density at radius 3 is 2.56 bits per heavy atom. The molecule has 0 radical (unpaired) electrons. The smallest absolute Gasteiger partial charge is 0.220 e. The second kappa shape index (κ2) is 8.70. The number of benzene rings is 1. The van der Waals surface area contributed by atoms with Crippen LogP contribution >= 0.6 is 0 Å². The molecule has 0 aliphatic heterocycles. The van der Waals surface area contributed by atoms with Crippen molar-refractivity contribution in [2.75, 3.05) is 13.1 Å². The van der Waals surface area contributed by atoms with E-state index in [1.54, 1.807) is 0 Å². The molecule has 3 heteroatoms. The standard InChI is InChI=1S/C15H24N2O/c1-13-5-7-14(8-6-13)9-10-15(18)17-12-4-2-3-11-16/h5-8H,2-4,9-12,16H2,1H3,(H,17,18). The molecule has 18 heavy (non-hydrogen) atoms. The molecule has 0 unspecified atom stereocenters. The van der Waals surface area contributed by atoms with Crippen LogP contribution in [0.3, 0.4) is 0 Å². The summed E-state index contributed by atoms with van der Waals surface area (Å²) in [4.78, 5) is 11.6. The van der Waals surface area contributed by atoms with Crippen molar-refractivity contribution in [3.8, 4) is 0 Å². The van der Waals surface area contributed by atoms with Crippen LogP contribution in [0.2, 0.25) is 0 Å². The Bertz CT molecular complexity index is 346. The van der Waals surface area contributed by atoms with E-state index in [1.807, 2.05) is 0 Å². The molecule has 0 aliphatic carbocycles. The molecule has 0 atom stereocenters. The van der Waals surface area contributed by atoms with Gasteiger partial charge in [-0.3, -0.25) is 4.79 Å². The van der Waals surface area contributed by atoms with E-state index in [4.69, 9.17) is 5.73 Å². The molecule has 0 saturated heterocycles. The molecule has 0 saturated carbocycles. The summed E-state index contributed by atoms with van der Waals surface area (Å²) in [6, 6.07) is 8.34. The van der Waals surface area contributed by atoms with Crippen molar-refractivity contribution < 1.29 is 4.79 Å². The van der Waals surface area contributed by atoms with Crippen LogP contribution in [0.1, 0.15) is 36.8 Å². The predicted octanol–water partition coefficient (Wildman–Crippen LogP) is 2.17. The maximum absolute atomic E-state index is 11.6. The molecular formula is C15H24N2O. The van der Waals surface area contributed by atoms with Gasteiger partial charge in [0.2, 0.25) is 5.91 Å². The van der Waals surface area contributed by atoms with Crippen LogP contribution in [-0.2, 0) is 11.2 Å². The van der Waals surface area contributed by atoms with Gasteiger partial charge in [-0.1, -0.05) is 36.2 Å². The zero-order valence-corrected chi connectivity index (χ0v) is 11.2. The van der Waals surface area contributed by atoms with Gasteiger partial charge >= 0.3 is 0 Å². The van der Waals surface area contributed by atoms with Gasteiger partial charge in [-0.25, -0.2) is 0 Å². The van der Waals surface area contributed by atoms with E-state index in [-0.39, 0.29) is 5.91 Å². The highest BCUT2D eigenvalue weighted by Crippen LogP contribution is 2.05. The summed E-state index contributed by atoms with van der Waals surface area (Å²) in [7, 11) is 0. The van der Waals surface area contributed by atoms with E-state index in [0.717, 1.165) is 38.8 Å². The monoisotopic (exact) mass is 248 g/mol. The second-order valence-corrected chi connectivity index (χ2v) is 4.68. The Hall–Kier alpha value is -1.35. The van der Waals surface area contributed by atoms with Gasteiger partial charge in [-0.2, -0.15) is 0 Å². The number of carbonyl (C=O) groups is 1. The molecule has 1 aromatic rings. The molecule has 3 nitrogen and oxygen atoms in total. The number of amides is 1. The molecular weight excluding hydrogens is 224 g/mol. The minimum Gasteiger partial charge on any atom is -0.356 e. The molecule has 1 rings (SSSR count). The highest BCUT2D eigenvalue weighted by molar-refractivity contribution is 5.76. The molecule has 0 heterocycles. The quantitative estimate of drug-likeness (QED) is 0.693. The number of aryl methyl sites for hydroxylation is 2. The van der Waals surface area contributed by atoms with Crippen molar-refractivity contribution in [1.29, 1.82) is 0 Å². The Labute approximate surface area is 110 Å². The first kappa shape index (κ1) is 14.7. The third-order valence-electron chi connectivity index (χ3n) is 2.96. The fourth-order valence-corrected chi connectivity index (χ4v) is 1.77. The molecule has 3 N–H and O–H groups in total. The fraction of sp³-hybridized carbons (Fsp3) is 0.533. The lowest BCUT2D eigenvalue weighted by Gasteiger charge is -2.05. The normalized spacial score (nSPS) is 10.3. The Kier molecular flexibility index (Phi) is 7.11.